The predicted octanol–water partition coefficient (Wildman–Crippen LogP) is 2.31. The summed E-state index contributed by atoms with van der Waals surface area (Å²) in [5, 5.41) is 13.5. The fourth-order valence-electron chi connectivity index (χ4n) is 3.27. The Bertz CT molecular complexity index is 1080. The van der Waals surface area contributed by atoms with Crippen LogP contribution in [0.4, 0.5) is 11.4 Å². The van der Waals surface area contributed by atoms with Crippen molar-refractivity contribution < 1.29 is 24.1 Å². The first-order valence-electron chi connectivity index (χ1n) is 9.60. The largest absolute Gasteiger partial charge is 0.339 e. The maximum Gasteiger partial charge on any atom is 0.270 e. The maximum absolute atomic E-state index is 12.5. The third kappa shape index (κ3) is 4.27. The van der Waals surface area contributed by atoms with Crippen LogP contribution in [0.25, 0.3) is 0 Å². The number of imide groups is 1. The van der Waals surface area contributed by atoms with Crippen LogP contribution in [0.5, 0.6) is 0 Å². The van der Waals surface area contributed by atoms with Crippen LogP contribution in [0.1, 0.15) is 44.9 Å². The Morgan fingerprint density at radius 2 is 1.61 bits per heavy atom. The van der Waals surface area contributed by atoms with Crippen molar-refractivity contribution in [1.29, 1.82) is 0 Å². The molecular formula is C21H20N4O6. The van der Waals surface area contributed by atoms with Crippen LogP contribution < -0.4 is 5.32 Å². The quantitative estimate of drug-likeness (QED) is 0.412. The third-order valence-electron chi connectivity index (χ3n) is 4.93. The van der Waals surface area contributed by atoms with Crippen LogP contribution in [-0.4, -0.2) is 58.0 Å². The lowest BCUT2D eigenvalue weighted by Gasteiger charge is -2.18. The number of nitrogens with one attached hydrogen (secondary N) is 1. The molecule has 4 amide bonds. The van der Waals surface area contributed by atoms with E-state index in [4.69, 9.17) is 0 Å². The minimum absolute atomic E-state index is 0.0164. The lowest BCUT2D eigenvalue weighted by atomic mass is 10.1. The molecule has 10 heteroatoms. The maximum atomic E-state index is 12.5. The normalized spacial score (nSPS) is 12.5. The average molecular weight is 424 g/mol. The molecule has 1 heterocycles. The SMILES string of the molecule is CCN(CC)C(=O)c1ccc(NC(=O)CN2C(=O)c3ccc([N+](=O)[O-])cc3C2=O)cc1. The molecule has 0 atom stereocenters. The van der Waals surface area contributed by atoms with E-state index in [0.29, 0.717) is 24.3 Å². The molecule has 1 aliphatic rings. The highest BCUT2D eigenvalue weighted by molar-refractivity contribution is 6.23. The second-order valence-corrected chi connectivity index (χ2v) is 6.79. The van der Waals surface area contributed by atoms with E-state index in [-0.39, 0.29) is 22.7 Å². The van der Waals surface area contributed by atoms with Gasteiger partial charge in [0.2, 0.25) is 5.91 Å². The number of nitro benzene ring substituents is 1. The van der Waals surface area contributed by atoms with E-state index < -0.39 is 29.2 Å². The van der Waals surface area contributed by atoms with Crippen molar-refractivity contribution in [3.8, 4) is 0 Å². The molecule has 1 N–H and O–H groups in total. The molecule has 31 heavy (non-hydrogen) atoms. The molecule has 0 spiro atoms. The van der Waals surface area contributed by atoms with Gasteiger partial charge < -0.3 is 10.2 Å². The molecule has 0 aromatic heterocycles. The molecule has 0 aliphatic carbocycles. The molecule has 3 rings (SSSR count). The number of benzene rings is 2. The van der Waals surface area contributed by atoms with Gasteiger partial charge in [-0.05, 0) is 44.2 Å². The molecule has 160 valence electrons. The fourth-order valence-corrected chi connectivity index (χ4v) is 3.27. The van der Waals surface area contributed by atoms with E-state index >= 15 is 0 Å². The summed E-state index contributed by atoms with van der Waals surface area (Å²) in [7, 11) is 0. The van der Waals surface area contributed by atoms with Gasteiger partial charge in [0.1, 0.15) is 6.54 Å². The summed E-state index contributed by atoms with van der Waals surface area (Å²) in [5.41, 5.74) is 0.469. The van der Waals surface area contributed by atoms with E-state index in [0.717, 1.165) is 17.0 Å². The van der Waals surface area contributed by atoms with Gasteiger partial charge in [-0.2, -0.15) is 0 Å². The number of hydrogen-bond donors (Lipinski definition) is 1. The molecule has 10 nitrogen and oxygen atoms in total. The monoisotopic (exact) mass is 424 g/mol. The first kappa shape index (κ1) is 21.6. The van der Waals surface area contributed by atoms with Crippen molar-refractivity contribution >= 4 is 35.0 Å². The predicted molar refractivity (Wildman–Crippen MR) is 111 cm³/mol. The zero-order valence-electron chi connectivity index (χ0n) is 17.0. The number of hydrogen-bond acceptors (Lipinski definition) is 6. The van der Waals surface area contributed by atoms with Gasteiger partial charge in [0, 0.05) is 36.5 Å². The van der Waals surface area contributed by atoms with Gasteiger partial charge >= 0.3 is 0 Å². The summed E-state index contributed by atoms with van der Waals surface area (Å²) in [5.74, 6) is -2.20. The Morgan fingerprint density at radius 3 is 2.19 bits per heavy atom. The number of anilines is 1. The average Bonchev–Trinajstić information content (AvgIpc) is 2.99. The Labute approximate surface area is 177 Å². The van der Waals surface area contributed by atoms with Crippen LogP contribution in [0, 0.1) is 10.1 Å². The van der Waals surface area contributed by atoms with Gasteiger partial charge in [-0.3, -0.25) is 34.2 Å². The molecule has 2 aromatic carbocycles. The summed E-state index contributed by atoms with van der Waals surface area (Å²) >= 11 is 0. The van der Waals surface area contributed by atoms with Gasteiger partial charge in [-0.15, -0.1) is 0 Å². The van der Waals surface area contributed by atoms with Gasteiger partial charge in [0.25, 0.3) is 23.4 Å². The minimum atomic E-state index is -0.765. The second-order valence-electron chi connectivity index (χ2n) is 6.79. The second kappa shape index (κ2) is 8.74. The van der Waals surface area contributed by atoms with Crippen molar-refractivity contribution in [3.63, 3.8) is 0 Å². The Hall–Kier alpha value is -4.08. The topological polar surface area (TPSA) is 130 Å². The fraction of sp³-hybridized carbons (Fsp3) is 0.238. The van der Waals surface area contributed by atoms with E-state index in [1.54, 1.807) is 29.2 Å². The smallest absolute Gasteiger partial charge is 0.270 e. The molecule has 0 unspecified atom stereocenters. The zero-order chi connectivity index (χ0) is 22.7. The van der Waals surface area contributed by atoms with Crippen LogP contribution in [-0.2, 0) is 4.79 Å². The number of nitro groups is 1. The number of nitrogens with zero attached hydrogens (tertiary/aromatic N) is 3. The van der Waals surface area contributed by atoms with E-state index in [1.807, 2.05) is 13.8 Å². The number of carbonyl (C=O) groups is 4. The summed E-state index contributed by atoms with van der Waals surface area (Å²) in [6.07, 6.45) is 0. The summed E-state index contributed by atoms with van der Waals surface area (Å²) in [6, 6.07) is 9.64. The van der Waals surface area contributed by atoms with Gasteiger partial charge in [0.05, 0.1) is 16.1 Å². The van der Waals surface area contributed by atoms with E-state index in [1.165, 1.54) is 6.07 Å². The Balaban J connectivity index is 1.67. The van der Waals surface area contributed by atoms with Crippen LogP contribution in [0.2, 0.25) is 0 Å². The van der Waals surface area contributed by atoms with Crippen LogP contribution >= 0.6 is 0 Å². The van der Waals surface area contributed by atoms with Crippen molar-refractivity contribution in [2.75, 3.05) is 25.0 Å². The lowest BCUT2D eigenvalue weighted by Crippen LogP contribution is -2.37. The van der Waals surface area contributed by atoms with Crippen molar-refractivity contribution in [2.24, 2.45) is 0 Å². The summed E-state index contributed by atoms with van der Waals surface area (Å²) < 4.78 is 0. The number of carbonyl (C=O) groups excluding carboxylic acids is 4. The van der Waals surface area contributed by atoms with Gasteiger partial charge in [0.15, 0.2) is 0 Å². The Morgan fingerprint density at radius 1 is 1.00 bits per heavy atom. The highest BCUT2D eigenvalue weighted by Crippen LogP contribution is 2.26. The minimum Gasteiger partial charge on any atom is -0.339 e. The summed E-state index contributed by atoms with van der Waals surface area (Å²) in [4.78, 5) is 62.2. The molecule has 0 fully saturated rings. The molecule has 1 aliphatic heterocycles. The molecule has 0 saturated carbocycles. The van der Waals surface area contributed by atoms with Crippen molar-refractivity contribution in [2.45, 2.75) is 13.8 Å². The number of amides is 4. The highest BCUT2D eigenvalue weighted by atomic mass is 16.6. The van der Waals surface area contributed by atoms with Gasteiger partial charge in [-0.25, -0.2) is 0 Å². The summed E-state index contributed by atoms with van der Waals surface area (Å²) in [6.45, 7) is 4.38. The Kier molecular flexibility index (Phi) is 6.10. The molecule has 2 aromatic rings. The lowest BCUT2D eigenvalue weighted by molar-refractivity contribution is -0.384. The highest BCUT2D eigenvalue weighted by Gasteiger charge is 2.37. The first-order chi connectivity index (χ1) is 14.8. The number of fused-ring (bicyclic) bond motifs is 1. The van der Waals surface area contributed by atoms with Crippen molar-refractivity contribution in [1.82, 2.24) is 9.80 Å². The van der Waals surface area contributed by atoms with Crippen LogP contribution in [0.3, 0.4) is 0 Å². The van der Waals surface area contributed by atoms with Gasteiger partial charge in [-0.1, -0.05) is 0 Å². The molecular weight excluding hydrogens is 404 g/mol. The van der Waals surface area contributed by atoms with Crippen LogP contribution in [0.15, 0.2) is 42.5 Å². The number of non-ortho nitro benzene ring substituents is 1. The van der Waals surface area contributed by atoms with E-state index in [9.17, 15) is 29.3 Å². The molecule has 0 saturated heterocycles. The van der Waals surface area contributed by atoms with E-state index in [2.05, 4.69) is 5.32 Å². The standard InChI is InChI=1S/C21H20N4O6/c1-3-23(4-2)19(27)13-5-7-14(8-6-13)22-18(26)12-24-20(28)16-10-9-15(25(30)31)11-17(16)21(24)29/h5-11H,3-4,12H2,1-2H3,(H,22,26). The van der Waals surface area contributed by atoms with Crippen molar-refractivity contribution in [3.05, 3.63) is 69.3 Å². The number of rotatable bonds is 7. The molecule has 0 radical (unpaired) electrons. The first-order valence-corrected chi connectivity index (χ1v) is 9.60. The third-order valence-corrected chi connectivity index (χ3v) is 4.93. The molecule has 0 bridgehead atoms. The zero-order valence-corrected chi connectivity index (χ0v) is 17.0.